The van der Waals surface area contributed by atoms with Gasteiger partial charge in [-0.25, -0.2) is 0 Å². The lowest BCUT2D eigenvalue weighted by Gasteiger charge is -2.48. The molecule has 0 saturated heterocycles. The van der Waals surface area contributed by atoms with Gasteiger partial charge >= 0.3 is 0 Å². The fourth-order valence-corrected chi connectivity index (χ4v) is 5.79. The molecule has 1 saturated carbocycles. The second kappa shape index (κ2) is 10.4. The predicted molar refractivity (Wildman–Crippen MR) is 141 cm³/mol. The van der Waals surface area contributed by atoms with Crippen LogP contribution in [0.5, 0.6) is 0 Å². The number of nitrogens with one attached hydrogen (secondary N) is 1. The van der Waals surface area contributed by atoms with E-state index < -0.39 is 0 Å². The number of rotatable bonds is 4. The smallest absolute Gasteiger partial charge is 0.0460 e. The fraction of sp³-hybridized carbons (Fsp3) is 0.407. The molecular weight excluding hydrogens is 437 g/mol. The molecule has 0 atom stereocenters. The molecule has 1 aliphatic carbocycles. The third kappa shape index (κ3) is 4.49. The van der Waals surface area contributed by atoms with Gasteiger partial charge in [-0.05, 0) is 63.4 Å². The number of nitrogens with zero attached hydrogens (tertiary/aromatic N) is 2. The molecule has 1 aliphatic heterocycles. The van der Waals surface area contributed by atoms with Crippen LogP contribution in [-0.4, -0.2) is 48.0 Å². The number of H-pyrrole nitrogens is 1. The summed E-state index contributed by atoms with van der Waals surface area (Å²) in [6.45, 7) is 2.26. The highest BCUT2D eigenvalue weighted by Crippen LogP contribution is 2.42. The highest BCUT2D eigenvalue weighted by atomic mass is 35.5. The van der Waals surface area contributed by atoms with Gasteiger partial charge in [0.15, 0.2) is 0 Å². The van der Waals surface area contributed by atoms with Crippen molar-refractivity contribution in [2.45, 2.75) is 43.7 Å². The first-order chi connectivity index (χ1) is 14.7. The number of benzene rings is 2. The minimum Gasteiger partial charge on any atom is -0.361 e. The summed E-state index contributed by atoms with van der Waals surface area (Å²) in [6, 6.07) is 20.5. The molecule has 3 aromatic rings. The normalized spacial score (nSPS) is 24.0. The van der Waals surface area contributed by atoms with Gasteiger partial charge in [-0.15, -0.1) is 24.8 Å². The van der Waals surface area contributed by atoms with Gasteiger partial charge in [-0.2, -0.15) is 0 Å². The van der Waals surface area contributed by atoms with Crippen LogP contribution in [0, 0.1) is 0 Å². The molecule has 1 fully saturated rings. The van der Waals surface area contributed by atoms with Crippen LogP contribution in [0.4, 0.5) is 0 Å². The van der Waals surface area contributed by atoms with Gasteiger partial charge in [0.2, 0.25) is 0 Å². The number of fused-ring (bicyclic) bond motifs is 1. The van der Waals surface area contributed by atoms with Crippen molar-refractivity contribution in [3.8, 4) is 0 Å². The molecule has 0 unspecified atom stereocenters. The van der Waals surface area contributed by atoms with Crippen molar-refractivity contribution in [1.82, 2.24) is 14.8 Å². The van der Waals surface area contributed by atoms with E-state index in [1.807, 2.05) is 0 Å². The largest absolute Gasteiger partial charge is 0.361 e. The Kier molecular flexibility index (Phi) is 8.11. The first-order valence-corrected chi connectivity index (χ1v) is 11.4. The molecule has 5 rings (SSSR count). The van der Waals surface area contributed by atoms with Gasteiger partial charge in [-0.3, -0.25) is 9.80 Å². The first-order valence-electron chi connectivity index (χ1n) is 11.4. The summed E-state index contributed by atoms with van der Waals surface area (Å²) in [5.74, 6) is 0. The van der Waals surface area contributed by atoms with Crippen LogP contribution in [0.1, 0.15) is 43.2 Å². The second-order valence-electron chi connectivity index (χ2n) is 9.25. The van der Waals surface area contributed by atoms with E-state index in [0.29, 0.717) is 6.04 Å². The van der Waals surface area contributed by atoms with Crippen LogP contribution in [0.2, 0.25) is 0 Å². The van der Waals surface area contributed by atoms with E-state index >= 15 is 0 Å². The number of para-hydroxylation sites is 1. The molecule has 3 nitrogen and oxygen atoms in total. The molecule has 172 valence electrons. The number of aromatic nitrogens is 1. The van der Waals surface area contributed by atoms with Crippen molar-refractivity contribution < 1.29 is 0 Å². The monoisotopic (exact) mass is 471 g/mol. The van der Waals surface area contributed by atoms with Crippen LogP contribution in [0.15, 0.2) is 66.9 Å². The van der Waals surface area contributed by atoms with E-state index in [2.05, 4.69) is 95.7 Å². The number of aromatic amines is 1. The molecule has 5 heteroatoms. The molecule has 32 heavy (non-hydrogen) atoms. The maximum atomic E-state index is 3.44. The van der Waals surface area contributed by atoms with Crippen molar-refractivity contribution in [2.24, 2.45) is 0 Å². The van der Waals surface area contributed by atoms with Gasteiger partial charge in [0.25, 0.3) is 0 Å². The van der Waals surface area contributed by atoms with Gasteiger partial charge in [-0.1, -0.05) is 54.6 Å². The summed E-state index contributed by atoms with van der Waals surface area (Å²) >= 11 is 0. The Bertz CT molecular complexity index is 1030. The highest BCUT2D eigenvalue weighted by molar-refractivity contribution is 5.92. The second-order valence-corrected chi connectivity index (χ2v) is 9.25. The van der Waals surface area contributed by atoms with Crippen LogP contribution in [-0.2, 0) is 5.54 Å². The lowest BCUT2D eigenvalue weighted by molar-refractivity contribution is 0.0525. The van der Waals surface area contributed by atoms with E-state index in [4.69, 9.17) is 0 Å². The van der Waals surface area contributed by atoms with Crippen LogP contribution in [0.3, 0.4) is 0 Å². The van der Waals surface area contributed by atoms with Crippen molar-refractivity contribution in [2.75, 3.05) is 27.2 Å². The van der Waals surface area contributed by atoms with Gasteiger partial charge in [0.05, 0.1) is 0 Å². The SMILES string of the molecule is CN(C)C1(c2ccccc2)CCC(N2CC=C(c3c[nH]c4ccccc34)CC2)CC1.Cl.Cl. The minimum absolute atomic E-state index is 0. The quantitative estimate of drug-likeness (QED) is 0.468. The fourth-order valence-electron chi connectivity index (χ4n) is 5.79. The Morgan fingerprint density at radius 2 is 1.62 bits per heavy atom. The molecule has 1 aromatic heterocycles. The van der Waals surface area contributed by atoms with Gasteiger partial charge in [0, 0.05) is 47.3 Å². The Balaban J connectivity index is 0.00000144. The maximum absolute atomic E-state index is 3.44. The number of hydrogen-bond donors (Lipinski definition) is 1. The summed E-state index contributed by atoms with van der Waals surface area (Å²) in [5.41, 5.74) is 5.81. The summed E-state index contributed by atoms with van der Waals surface area (Å²) in [5, 5.41) is 1.36. The number of halogens is 2. The van der Waals surface area contributed by atoms with Gasteiger partial charge in [0.1, 0.15) is 0 Å². The number of hydrogen-bond acceptors (Lipinski definition) is 2. The van der Waals surface area contributed by atoms with Crippen molar-refractivity contribution in [1.29, 1.82) is 0 Å². The average Bonchev–Trinajstić information content (AvgIpc) is 3.24. The lowest BCUT2D eigenvalue weighted by Crippen LogP contribution is -2.49. The third-order valence-electron chi connectivity index (χ3n) is 7.64. The highest BCUT2D eigenvalue weighted by Gasteiger charge is 2.40. The molecule has 2 aliphatic rings. The van der Waals surface area contributed by atoms with E-state index in [0.717, 1.165) is 13.0 Å². The summed E-state index contributed by atoms with van der Waals surface area (Å²) in [6.07, 6.45) is 10.9. The lowest BCUT2D eigenvalue weighted by atomic mass is 9.73. The average molecular weight is 473 g/mol. The Morgan fingerprint density at radius 3 is 2.28 bits per heavy atom. The van der Waals surface area contributed by atoms with Crippen LogP contribution in [0.25, 0.3) is 16.5 Å². The standard InChI is InChI=1S/C27H33N3.2ClH/c1-29(2)27(22-8-4-3-5-9-22)16-12-23(13-17-27)30-18-14-21(15-19-30)25-20-28-26-11-7-6-10-24(25)26;;/h3-11,14,20,23,28H,12-13,15-19H2,1-2H3;2*1H. The van der Waals surface area contributed by atoms with Crippen LogP contribution >= 0.6 is 24.8 Å². The molecule has 0 amide bonds. The molecule has 0 spiro atoms. The first kappa shape index (κ1) is 24.9. The van der Waals surface area contributed by atoms with E-state index in [9.17, 15) is 0 Å². The predicted octanol–water partition coefficient (Wildman–Crippen LogP) is 6.50. The summed E-state index contributed by atoms with van der Waals surface area (Å²) in [7, 11) is 4.51. The van der Waals surface area contributed by atoms with Crippen molar-refractivity contribution in [3.05, 3.63) is 78.0 Å². The molecular formula is C27H35Cl2N3. The Labute approximate surface area is 204 Å². The van der Waals surface area contributed by atoms with E-state index in [-0.39, 0.29) is 30.4 Å². The molecule has 1 N–H and O–H groups in total. The molecule has 2 aromatic carbocycles. The molecule has 2 heterocycles. The molecule has 0 bridgehead atoms. The minimum atomic E-state index is 0. The van der Waals surface area contributed by atoms with Gasteiger partial charge < -0.3 is 4.98 Å². The van der Waals surface area contributed by atoms with E-state index in [1.54, 1.807) is 0 Å². The van der Waals surface area contributed by atoms with Crippen molar-refractivity contribution >= 4 is 41.3 Å². The van der Waals surface area contributed by atoms with Crippen LogP contribution < -0.4 is 0 Å². The maximum Gasteiger partial charge on any atom is 0.0460 e. The molecule has 0 radical (unpaired) electrons. The zero-order valence-electron chi connectivity index (χ0n) is 19.1. The summed E-state index contributed by atoms with van der Waals surface area (Å²) in [4.78, 5) is 8.62. The Hall–Kier alpha value is -1.78. The van der Waals surface area contributed by atoms with E-state index in [1.165, 1.54) is 59.8 Å². The Morgan fingerprint density at radius 1 is 0.938 bits per heavy atom. The zero-order valence-corrected chi connectivity index (χ0v) is 20.7. The zero-order chi connectivity index (χ0) is 20.6. The van der Waals surface area contributed by atoms with Crippen molar-refractivity contribution in [3.63, 3.8) is 0 Å². The topological polar surface area (TPSA) is 22.3 Å². The summed E-state index contributed by atoms with van der Waals surface area (Å²) < 4.78 is 0. The third-order valence-corrected chi connectivity index (χ3v) is 7.64.